The normalized spacial score (nSPS) is 14.3. The molecule has 0 bridgehead atoms. The van der Waals surface area contributed by atoms with Crippen LogP contribution in [-0.4, -0.2) is 17.6 Å². The number of aliphatic hydroxyl groups excluding tert-OH is 1. The van der Waals surface area contributed by atoms with Gasteiger partial charge in [-0.1, -0.05) is 32.9 Å². The van der Waals surface area contributed by atoms with Crippen molar-refractivity contribution in [2.45, 2.75) is 46.1 Å². The first-order chi connectivity index (χ1) is 8.58. The molecular weight excluding hydrogens is 257 g/mol. The van der Waals surface area contributed by atoms with Gasteiger partial charge in [0, 0.05) is 0 Å². The maximum Gasteiger partial charge on any atom is 0.573 e. The van der Waals surface area contributed by atoms with Crippen LogP contribution in [0.2, 0.25) is 0 Å². The van der Waals surface area contributed by atoms with Gasteiger partial charge in [0.2, 0.25) is 0 Å². The van der Waals surface area contributed by atoms with Gasteiger partial charge in [-0.3, -0.25) is 0 Å². The minimum absolute atomic E-state index is 0.195. The van der Waals surface area contributed by atoms with Gasteiger partial charge in [0.15, 0.2) is 0 Å². The van der Waals surface area contributed by atoms with Gasteiger partial charge in [0.1, 0.15) is 5.75 Å². The highest BCUT2D eigenvalue weighted by molar-refractivity contribution is 5.27. The second kappa shape index (κ2) is 5.82. The Hall–Kier alpha value is -1.23. The fraction of sp³-hybridized carbons (Fsp3) is 0.571. The molecule has 108 valence electrons. The quantitative estimate of drug-likeness (QED) is 0.903. The highest BCUT2D eigenvalue weighted by Crippen LogP contribution is 2.25. The fourth-order valence-corrected chi connectivity index (χ4v) is 1.59. The monoisotopic (exact) mass is 276 g/mol. The first-order valence-corrected chi connectivity index (χ1v) is 6.11. The average molecular weight is 276 g/mol. The van der Waals surface area contributed by atoms with Crippen LogP contribution in [0.3, 0.4) is 0 Å². The van der Waals surface area contributed by atoms with Crippen LogP contribution >= 0.6 is 0 Å². The molecule has 1 N–H and O–H groups in total. The summed E-state index contributed by atoms with van der Waals surface area (Å²) in [6, 6.07) is 5.73. The van der Waals surface area contributed by atoms with E-state index in [0.717, 1.165) is 5.56 Å². The fourth-order valence-electron chi connectivity index (χ4n) is 1.59. The summed E-state index contributed by atoms with van der Waals surface area (Å²) in [5.41, 5.74) is 0.678. The van der Waals surface area contributed by atoms with Crippen molar-refractivity contribution in [3.8, 4) is 5.75 Å². The van der Waals surface area contributed by atoms with Gasteiger partial charge in [-0.25, -0.2) is 0 Å². The van der Waals surface area contributed by atoms with Crippen LogP contribution in [0.15, 0.2) is 24.3 Å². The van der Waals surface area contributed by atoms with Gasteiger partial charge in [0.05, 0.1) is 6.10 Å². The van der Waals surface area contributed by atoms with Crippen LogP contribution in [0.25, 0.3) is 0 Å². The van der Waals surface area contributed by atoms with Crippen molar-refractivity contribution in [1.82, 2.24) is 0 Å². The van der Waals surface area contributed by atoms with Crippen LogP contribution in [-0.2, 0) is 6.42 Å². The lowest BCUT2D eigenvalue weighted by atomic mass is 9.86. The molecular formula is C14H19F3O2. The molecule has 1 aromatic carbocycles. The summed E-state index contributed by atoms with van der Waals surface area (Å²) in [6.07, 6.45) is -3.92. The van der Waals surface area contributed by atoms with Gasteiger partial charge in [-0.05, 0) is 36.0 Å². The molecule has 0 saturated heterocycles. The average Bonchev–Trinajstić information content (AvgIpc) is 2.24. The van der Waals surface area contributed by atoms with Crippen molar-refractivity contribution < 1.29 is 23.0 Å². The highest BCUT2D eigenvalue weighted by Gasteiger charge is 2.31. The molecule has 0 aliphatic rings. The third-order valence-corrected chi connectivity index (χ3v) is 2.86. The molecule has 0 aliphatic carbocycles. The summed E-state index contributed by atoms with van der Waals surface area (Å²) in [6.45, 7) is 5.83. The minimum atomic E-state index is -4.66. The Labute approximate surface area is 111 Å². The number of halogens is 3. The number of ether oxygens (including phenoxy) is 1. The first kappa shape index (κ1) is 15.8. The van der Waals surface area contributed by atoms with E-state index in [1.54, 1.807) is 12.1 Å². The predicted octanol–water partition coefficient (Wildman–Crippen LogP) is 3.92. The van der Waals surface area contributed by atoms with Crippen molar-refractivity contribution in [2.75, 3.05) is 0 Å². The molecule has 1 aromatic rings. The first-order valence-electron chi connectivity index (χ1n) is 6.11. The van der Waals surface area contributed by atoms with Crippen LogP contribution in [0, 0.1) is 5.41 Å². The zero-order valence-electron chi connectivity index (χ0n) is 11.3. The van der Waals surface area contributed by atoms with Crippen molar-refractivity contribution in [3.63, 3.8) is 0 Å². The van der Waals surface area contributed by atoms with Crippen molar-refractivity contribution >= 4 is 0 Å². The van der Waals surface area contributed by atoms with E-state index in [1.807, 2.05) is 20.8 Å². The molecule has 1 atom stereocenters. The summed E-state index contributed by atoms with van der Waals surface area (Å²) in [5, 5.41) is 9.88. The van der Waals surface area contributed by atoms with Gasteiger partial charge in [-0.2, -0.15) is 0 Å². The van der Waals surface area contributed by atoms with Crippen LogP contribution in [0.5, 0.6) is 5.75 Å². The number of rotatable bonds is 4. The minimum Gasteiger partial charge on any atom is -0.406 e. The lowest BCUT2D eigenvalue weighted by Crippen LogP contribution is -2.26. The zero-order valence-corrected chi connectivity index (χ0v) is 11.3. The third kappa shape index (κ3) is 5.96. The molecule has 0 aliphatic heterocycles. The zero-order chi connectivity index (χ0) is 14.7. The van der Waals surface area contributed by atoms with Gasteiger partial charge < -0.3 is 9.84 Å². The molecule has 0 saturated carbocycles. The summed E-state index contributed by atoms with van der Waals surface area (Å²) >= 11 is 0. The van der Waals surface area contributed by atoms with Gasteiger partial charge in [0.25, 0.3) is 0 Å². The van der Waals surface area contributed by atoms with Crippen LogP contribution < -0.4 is 4.74 Å². The standard InChI is InChI=1S/C14H19F3O2/c1-13(2,3)12(18)9-6-10-4-7-11(8-5-10)19-14(15,16)17/h4-5,7-8,12,18H,6,9H2,1-3H3. The van der Waals surface area contributed by atoms with Crippen molar-refractivity contribution in [3.05, 3.63) is 29.8 Å². The number of hydrogen-bond donors (Lipinski definition) is 1. The Bertz CT molecular complexity index is 391. The number of aryl methyl sites for hydroxylation is 1. The van der Waals surface area contributed by atoms with E-state index >= 15 is 0 Å². The number of aliphatic hydroxyl groups is 1. The molecule has 19 heavy (non-hydrogen) atoms. The molecule has 0 amide bonds. The van der Waals surface area contributed by atoms with Crippen LogP contribution in [0.4, 0.5) is 13.2 Å². The van der Waals surface area contributed by atoms with E-state index in [2.05, 4.69) is 4.74 Å². The topological polar surface area (TPSA) is 29.5 Å². The second-order valence-electron chi connectivity index (χ2n) is 5.61. The Kier molecular flexibility index (Phi) is 4.85. The molecule has 0 heterocycles. The summed E-state index contributed by atoms with van der Waals surface area (Å²) in [7, 11) is 0. The van der Waals surface area contributed by atoms with E-state index in [9.17, 15) is 18.3 Å². The highest BCUT2D eigenvalue weighted by atomic mass is 19.4. The maximum atomic E-state index is 12.0. The summed E-state index contributed by atoms with van der Waals surface area (Å²) in [4.78, 5) is 0. The molecule has 2 nitrogen and oxygen atoms in total. The van der Waals surface area contributed by atoms with E-state index < -0.39 is 12.5 Å². The molecule has 5 heteroatoms. The molecule has 1 rings (SSSR count). The SMILES string of the molecule is CC(C)(C)C(O)CCc1ccc(OC(F)(F)F)cc1. The number of hydrogen-bond acceptors (Lipinski definition) is 2. The Balaban J connectivity index is 2.54. The van der Waals surface area contributed by atoms with Gasteiger partial charge >= 0.3 is 6.36 Å². The molecule has 0 spiro atoms. The molecule has 0 aromatic heterocycles. The summed E-state index contributed by atoms with van der Waals surface area (Å²) in [5.74, 6) is -0.229. The van der Waals surface area contributed by atoms with Gasteiger partial charge in [-0.15, -0.1) is 13.2 Å². The number of benzene rings is 1. The van der Waals surface area contributed by atoms with E-state index in [1.165, 1.54) is 12.1 Å². The molecule has 0 fully saturated rings. The van der Waals surface area contributed by atoms with Crippen molar-refractivity contribution in [2.24, 2.45) is 5.41 Å². The van der Waals surface area contributed by atoms with Crippen LogP contribution in [0.1, 0.15) is 32.8 Å². The largest absolute Gasteiger partial charge is 0.573 e. The van der Waals surface area contributed by atoms with Crippen molar-refractivity contribution in [1.29, 1.82) is 0 Å². The Morgan fingerprint density at radius 3 is 2.05 bits per heavy atom. The lowest BCUT2D eigenvalue weighted by Gasteiger charge is -2.25. The molecule has 0 radical (unpaired) electrons. The van der Waals surface area contributed by atoms with E-state index in [4.69, 9.17) is 0 Å². The smallest absolute Gasteiger partial charge is 0.406 e. The Morgan fingerprint density at radius 2 is 1.63 bits per heavy atom. The summed E-state index contributed by atoms with van der Waals surface area (Å²) < 4.78 is 39.7. The number of alkyl halides is 3. The predicted molar refractivity (Wildman–Crippen MR) is 66.9 cm³/mol. The maximum absolute atomic E-state index is 12.0. The lowest BCUT2D eigenvalue weighted by molar-refractivity contribution is -0.274. The second-order valence-corrected chi connectivity index (χ2v) is 5.61. The third-order valence-electron chi connectivity index (χ3n) is 2.86. The molecule has 1 unspecified atom stereocenters. The Morgan fingerprint density at radius 1 is 1.11 bits per heavy atom. The van der Waals surface area contributed by atoms with E-state index in [-0.39, 0.29) is 11.2 Å². The van der Waals surface area contributed by atoms with E-state index in [0.29, 0.717) is 12.8 Å².